The number of carboxylic acids is 1. The lowest BCUT2D eigenvalue weighted by atomic mass is 10.3. The Morgan fingerprint density at radius 3 is 2.89 bits per heavy atom. The normalized spacial score (nSPS) is 9.83. The molecule has 0 bridgehead atoms. The van der Waals surface area contributed by atoms with E-state index in [0.29, 0.717) is 11.6 Å². The summed E-state index contributed by atoms with van der Waals surface area (Å²) < 4.78 is 5.65. The van der Waals surface area contributed by atoms with Crippen LogP contribution < -0.4 is 17.0 Å². The molecule has 18 heavy (non-hydrogen) atoms. The van der Waals surface area contributed by atoms with Gasteiger partial charge in [0.25, 0.3) is 0 Å². The number of carbonyl (C=O) groups is 1. The van der Waals surface area contributed by atoms with E-state index in [1.165, 1.54) is 17.9 Å². The van der Waals surface area contributed by atoms with Crippen LogP contribution in [0, 0.1) is 0 Å². The Bertz CT molecular complexity index is 534. The molecule has 96 valence electrons. The van der Waals surface area contributed by atoms with Gasteiger partial charge in [0.1, 0.15) is 22.8 Å². The van der Waals surface area contributed by atoms with Gasteiger partial charge in [0.2, 0.25) is 0 Å². The van der Waals surface area contributed by atoms with Gasteiger partial charge < -0.3 is 17.5 Å². The van der Waals surface area contributed by atoms with Crippen LogP contribution in [0.2, 0.25) is 5.02 Å². The van der Waals surface area contributed by atoms with Crippen LogP contribution in [-0.4, -0.2) is 20.4 Å². The summed E-state index contributed by atoms with van der Waals surface area (Å²) in [5.41, 5.74) is 0.806. The molecule has 2 aromatic heterocycles. The fourth-order valence-corrected chi connectivity index (χ4v) is 2.24. The number of nitrogens with zero attached hydrogens (tertiary/aromatic N) is 3. The van der Waals surface area contributed by atoms with Crippen LogP contribution in [0.3, 0.4) is 0 Å². The van der Waals surface area contributed by atoms with Gasteiger partial charge in [0, 0.05) is 11.6 Å². The van der Waals surface area contributed by atoms with Crippen molar-refractivity contribution in [2.75, 3.05) is 0 Å². The van der Waals surface area contributed by atoms with Gasteiger partial charge >= 0.3 is 5.97 Å². The lowest BCUT2D eigenvalue weighted by molar-refractivity contribution is -0.695. The number of pyridine rings is 1. The van der Waals surface area contributed by atoms with Gasteiger partial charge in [-0.25, -0.2) is 9.55 Å². The van der Waals surface area contributed by atoms with Crippen LogP contribution in [0.5, 0.6) is 0 Å². The summed E-state index contributed by atoms with van der Waals surface area (Å²) >= 11 is 7.37. The van der Waals surface area contributed by atoms with Crippen LogP contribution in [0.25, 0.3) is 10.6 Å². The predicted molar refractivity (Wildman–Crippen MR) is 62.8 cm³/mol. The van der Waals surface area contributed by atoms with E-state index < -0.39 is 5.97 Å². The molecule has 2 heterocycles. The molecule has 2 rings (SSSR count). The molecular weight excluding hydrogens is 297 g/mol. The van der Waals surface area contributed by atoms with Crippen molar-refractivity contribution in [3.05, 3.63) is 29.8 Å². The second-order valence-electron chi connectivity index (χ2n) is 3.33. The average molecular weight is 306 g/mol. The molecule has 0 aliphatic heterocycles. The Morgan fingerprint density at radius 1 is 1.56 bits per heavy atom. The van der Waals surface area contributed by atoms with E-state index >= 15 is 0 Å². The maximum atomic E-state index is 10.4. The minimum Gasteiger partial charge on any atom is -1.00 e. The first kappa shape index (κ1) is 14.8. The maximum Gasteiger partial charge on any atom is 0.309 e. The molecule has 0 fully saturated rings. The molecule has 0 unspecified atom stereocenters. The Balaban J connectivity index is 0.00000162. The second-order valence-corrected chi connectivity index (χ2v) is 4.52. The molecule has 0 aliphatic rings. The Hall–Kier alpha value is -1.24. The topological polar surface area (TPSA) is 67.0 Å². The van der Waals surface area contributed by atoms with E-state index in [2.05, 4.69) is 9.36 Å². The number of aryl methyl sites for hydroxylation is 1. The highest BCUT2D eigenvalue weighted by molar-refractivity contribution is 7.09. The minimum absolute atomic E-state index is 0. The fourth-order valence-electron chi connectivity index (χ4n) is 1.34. The number of aliphatic carboxylic acids is 1. The van der Waals surface area contributed by atoms with E-state index in [1.54, 1.807) is 17.0 Å². The highest BCUT2D eigenvalue weighted by Gasteiger charge is 2.12. The van der Waals surface area contributed by atoms with Gasteiger partial charge in [-0.3, -0.25) is 4.79 Å². The van der Waals surface area contributed by atoms with Crippen LogP contribution in [0.15, 0.2) is 24.8 Å². The molecule has 8 heteroatoms. The summed E-state index contributed by atoms with van der Waals surface area (Å²) in [4.78, 5) is 14.5. The third kappa shape index (κ3) is 3.63. The van der Waals surface area contributed by atoms with E-state index in [9.17, 15) is 4.79 Å². The van der Waals surface area contributed by atoms with Gasteiger partial charge in [-0.15, -0.1) is 0 Å². The van der Waals surface area contributed by atoms with Gasteiger partial charge in [0.15, 0.2) is 18.9 Å². The summed E-state index contributed by atoms with van der Waals surface area (Å²) in [7, 11) is 0. The van der Waals surface area contributed by atoms with Gasteiger partial charge in [-0.2, -0.15) is 4.37 Å². The third-order valence-electron chi connectivity index (χ3n) is 2.14. The summed E-state index contributed by atoms with van der Waals surface area (Å²) in [6.07, 6.45) is 5.02. The van der Waals surface area contributed by atoms with Crippen molar-refractivity contribution in [2.45, 2.75) is 13.0 Å². The second kappa shape index (κ2) is 6.63. The SMILES string of the molecule is O=C(O)CC[n+]1ccc(-c2ncns2)c(Cl)c1.[Cl-]. The number of hydrogen-bond acceptors (Lipinski definition) is 4. The molecular formula is C10H9Cl2N3O2S. The monoisotopic (exact) mass is 305 g/mol. The zero-order valence-electron chi connectivity index (χ0n) is 9.08. The summed E-state index contributed by atoms with van der Waals surface area (Å²) in [5, 5.41) is 9.87. The first-order valence-electron chi connectivity index (χ1n) is 4.84. The van der Waals surface area contributed by atoms with Crippen molar-refractivity contribution in [3.63, 3.8) is 0 Å². The molecule has 0 spiro atoms. The van der Waals surface area contributed by atoms with Crippen molar-refractivity contribution in [3.8, 4) is 10.6 Å². The zero-order valence-corrected chi connectivity index (χ0v) is 11.4. The standard InChI is InChI=1S/C10H8ClN3O2S.ClH/c11-8-5-14(4-2-9(15)16)3-1-7(8)10-12-6-13-17-10;/h1,3,5-6H,2,4H2;1H. The average Bonchev–Trinajstić information content (AvgIpc) is 2.79. The van der Waals surface area contributed by atoms with E-state index in [-0.39, 0.29) is 18.8 Å². The molecule has 0 aromatic carbocycles. The lowest BCUT2D eigenvalue weighted by Crippen LogP contribution is -3.00. The fraction of sp³-hybridized carbons (Fsp3) is 0.200. The van der Waals surface area contributed by atoms with Gasteiger partial charge in [-0.05, 0) is 11.5 Å². The number of hydrogen-bond donors (Lipinski definition) is 1. The van der Waals surface area contributed by atoms with Crippen LogP contribution in [-0.2, 0) is 11.3 Å². The molecule has 0 atom stereocenters. The van der Waals surface area contributed by atoms with E-state index in [1.807, 2.05) is 6.07 Å². The van der Waals surface area contributed by atoms with Gasteiger partial charge in [0.05, 0.1) is 0 Å². The van der Waals surface area contributed by atoms with Gasteiger partial charge in [-0.1, -0.05) is 11.6 Å². The highest BCUT2D eigenvalue weighted by atomic mass is 35.5. The van der Waals surface area contributed by atoms with E-state index in [4.69, 9.17) is 16.7 Å². The Labute approximate surface area is 119 Å². The molecule has 5 nitrogen and oxygen atoms in total. The molecule has 0 saturated heterocycles. The van der Waals surface area contributed by atoms with Crippen molar-refractivity contribution >= 4 is 29.1 Å². The van der Waals surface area contributed by atoms with Crippen molar-refractivity contribution in [2.24, 2.45) is 0 Å². The lowest BCUT2D eigenvalue weighted by Gasteiger charge is -1.99. The van der Waals surface area contributed by atoms with Crippen molar-refractivity contribution in [1.29, 1.82) is 0 Å². The Kier molecular flexibility index (Phi) is 5.46. The minimum atomic E-state index is -0.832. The Morgan fingerprint density at radius 2 is 2.33 bits per heavy atom. The number of carboxylic acid groups (broad SMARTS) is 1. The van der Waals surface area contributed by atoms with Crippen LogP contribution >= 0.6 is 23.1 Å². The number of rotatable bonds is 4. The van der Waals surface area contributed by atoms with Crippen molar-refractivity contribution in [1.82, 2.24) is 9.36 Å². The molecule has 0 saturated carbocycles. The van der Waals surface area contributed by atoms with E-state index in [0.717, 1.165) is 10.6 Å². The molecule has 0 aliphatic carbocycles. The summed E-state index contributed by atoms with van der Waals surface area (Å²) in [6, 6.07) is 1.81. The predicted octanol–water partition coefficient (Wildman–Crippen LogP) is -1.38. The third-order valence-corrected chi connectivity index (χ3v) is 3.14. The number of aromatic nitrogens is 3. The smallest absolute Gasteiger partial charge is 0.309 e. The quantitative estimate of drug-likeness (QED) is 0.708. The van der Waals surface area contributed by atoms with Crippen LogP contribution in [0.4, 0.5) is 0 Å². The molecule has 1 N–H and O–H groups in total. The molecule has 2 aromatic rings. The highest BCUT2D eigenvalue weighted by Crippen LogP contribution is 2.26. The summed E-state index contributed by atoms with van der Waals surface area (Å²) in [6.45, 7) is 0.394. The molecule has 0 radical (unpaired) electrons. The zero-order chi connectivity index (χ0) is 12.3. The van der Waals surface area contributed by atoms with Crippen LogP contribution in [0.1, 0.15) is 6.42 Å². The summed E-state index contributed by atoms with van der Waals surface area (Å²) in [5.74, 6) is -0.832. The van der Waals surface area contributed by atoms with Crippen molar-refractivity contribution < 1.29 is 26.9 Å². The molecule has 0 amide bonds. The number of halogens is 2. The first-order valence-corrected chi connectivity index (χ1v) is 5.99. The maximum absolute atomic E-state index is 10.4. The largest absolute Gasteiger partial charge is 1.00 e. The first-order chi connectivity index (χ1) is 8.16.